The molecule has 0 radical (unpaired) electrons. The van der Waals surface area contributed by atoms with E-state index >= 15 is 33.6 Å². The van der Waals surface area contributed by atoms with E-state index in [1.165, 1.54) is 76.6 Å². The van der Waals surface area contributed by atoms with Crippen LogP contribution in [0.1, 0.15) is 189 Å². The number of carbonyl (C=O) groups is 12. The minimum atomic E-state index is -4.51. The Hall–Kier alpha value is -6.32. The molecule has 12 amide bonds. The summed E-state index contributed by atoms with van der Waals surface area (Å²) < 4.78 is 47.7. The lowest BCUT2D eigenvalue weighted by molar-refractivity contribution is -0.182. The summed E-state index contributed by atoms with van der Waals surface area (Å²) in [5.41, 5.74) is -1.56. The number of ether oxygens (including phenoxy) is 1. The minimum absolute atomic E-state index is 0.00169. The maximum Gasteiger partial charge on any atom is 0.393 e. The van der Waals surface area contributed by atoms with E-state index in [-0.39, 0.29) is 121 Å². The Kier molecular flexibility index (Phi) is 30.2. The highest BCUT2D eigenvalue weighted by atomic mass is 35.5. The van der Waals surface area contributed by atoms with E-state index in [0.717, 1.165) is 48.3 Å². The molecule has 0 aromatic rings. The van der Waals surface area contributed by atoms with Crippen molar-refractivity contribution in [2.24, 2.45) is 41.4 Å². The van der Waals surface area contributed by atoms with Gasteiger partial charge in [-0.3, -0.25) is 57.5 Å². The van der Waals surface area contributed by atoms with Gasteiger partial charge in [-0.1, -0.05) is 92.4 Å². The SMILES string of the molecule is CC[C@H](C)[C@@H]1NC(=O)[C@H](CC(C)C)N(C)C(=O)C[C@@H](C(=O)N2CCOCC2)N(C)C(=O)[C@H](C2CCCC2)N(C)C(=O)C2(CCCC2)NC(=O)[C@@H]2CCCN2C(=O)[C@H](CCC2CCC(C(F)(F)F)C(Cl)C2)NC(=O)CN(C)C(=O)[C@H](CC2CCC(C)CC2)N(CC)C(=O)CN(C)C(=O)CN(C)C1=O. The first-order chi connectivity index (χ1) is 48.1. The van der Waals surface area contributed by atoms with Crippen LogP contribution < -0.4 is 16.0 Å². The maximum atomic E-state index is 15.7. The van der Waals surface area contributed by atoms with E-state index in [4.69, 9.17) is 16.3 Å². The van der Waals surface area contributed by atoms with Crippen LogP contribution in [-0.4, -0.2) is 276 Å². The number of likely N-dealkylation sites (N-methyl/N-ethyl adjacent to an activating group) is 7. The average molecular weight is 1460 g/mol. The highest BCUT2D eigenvalue weighted by Gasteiger charge is 2.52. The monoisotopic (exact) mass is 1460 g/mol. The number of hydrogen-bond acceptors (Lipinski definition) is 13. The Morgan fingerprint density at radius 2 is 1.25 bits per heavy atom. The standard InChI is InChI=1S/C73H118ClF3N12O13/c1-13-47(6)62-69(99)83(9)43-60(92)81(7)44-61(93)88(14-2)57(40-49-25-23-46(5)24-26-49)67(97)82(8)42-58(90)78-53(30-28-48-27-29-51(52(74)39-48)73(75,76)77)66(96)89-33-19-22-54(89)65(95)80-72(31-17-18-32-72)71(101)86(12)63(50-20-15-16-21-50)70(100)85(11)56(68(98)87-34-36-102-37-35-87)41-59(91)84(10)55(38-45(3)4)64(94)79-62/h45-57,62-63H,13-44H2,1-12H3,(H,78,90)(H,79,94)(H,80,95)/t46?,47-,48?,49?,51?,52?,53-,54-,55-,56-,57-,62-,63-/m0/s1. The van der Waals surface area contributed by atoms with Crippen molar-refractivity contribution in [3.63, 3.8) is 0 Å². The molecule has 102 heavy (non-hydrogen) atoms. The zero-order valence-electron chi connectivity index (χ0n) is 62.6. The number of halogens is 4. The van der Waals surface area contributed by atoms with Crippen molar-refractivity contribution in [2.75, 3.05) is 101 Å². The molecular formula is C73H118ClF3N12O13. The first kappa shape index (κ1) is 83.0. The van der Waals surface area contributed by atoms with Crippen molar-refractivity contribution in [3.05, 3.63) is 0 Å². The Bertz CT molecular complexity index is 2960. The molecule has 7 fully saturated rings. The van der Waals surface area contributed by atoms with Gasteiger partial charge >= 0.3 is 6.18 Å². The van der Waals surface area contributed by atoms with Crippen molar-refractivity contribution in [1.29, 1.82) is 0 Å². The van der Waals surface area contributed by atoms with E-state index < -0.39 is 174 Å². The van der Waals surface area contributed by atoms with Gasteiger partial charge in [-0.05, 0) is 126 Å². The van der Waals surface area contributed by atoms with Crippen molar-refractivity contribution in [1.82, 2.24) is 60.0 Å². The molecule has 3 heterocycles. The van der Waals surface area contributed by atoms with E-state index in [1.54, 1.807) is 13.8 Å². The number of nitrogens with zero attached hydrogens (tertiary/aromatic N) is 9. The summed E-state index contributed by atoms with van der Waals surface area (Å²) in [7, 11) is 8.59. The first-order valence-corrected chi connectivity index (χ1v) is 38.2. The molecule has 25 nitrogen and oxygen atoms in total. The predicted octanol–water partition coefficient (Wildman–Crippen LogP) is 5.58. The van der Waals surface area contributed by atoms with Gasteiger partial charge in [0.05, 0.1) is 45.2 Å². The topological polar surface area (TPSA) is 279 Å². The largest absolute Gasteiger partial charge is 0.393 e. The maximum absolute atomic E-state index is 15.7. The number of rotatable bonds is 12. The highest BCUT2D eigenvalue weighted by molar-refractivity contribution is 6.21. The molecule has 7 rings (SSSR count). The molecule has 0 aromatic carbocycles. The van der Waals surface area contributed by atoms with E-state index in [9.17, 15) is 37.1 Å². The van der Waals surface area contributed by atoms with Gasteiger partial charge in [0.2, 0.25) is 70.9 Å². The fourth-order valence-electron chi connectivity index (χ4n) is 16.8. The third-order valence-electron chi connectivity index (χ3n) is 23.4. The number of fused-ring (bicyclic) bond motifs is 1. The fraction of sp³-hybridized carbons (Fsp3) is 0.836. The molecule has 3 saturated heterocycles. The summed E-state index contributed by atoms with van der Waals surface area (Å²) in [5, 5.41) is 7.63. The molecule has 4 aliphatic carbocycles. The third-order valence-corrected chi connectivity index (χ3v) is 23.9. The molecule has 29 heteroatoms. The summed E-state index contributed by atoms with van der Waals surface area (Å²) >= 11 is 6.42. The Morgan fingerprint density at radius 1 is 0.637 bits per heavy atom. The van der Waals surface area contributed by atoms with Crippen molar-refractivity contribution in [2.45, 2.75) is 249 Å². The molecule has 7 aliphatic rings. The number of morpholine rings is 1. The van der Waals surface area contributed by atoms with Crippen LogP contribution in [0.15, 0.2) is 0 Å². The van der Waals surface area contributed by atoms with Gasteiger partial charge in [0.25, 0.3) is 0 Å². The number of nitrogens with one attached hydrogen (secondary N) is 3. The van der Waals surface area contributed by atoms with Crippen LogP contribution in [0.2, 0.25) is 0 Å². The zero-order valence-corrected chi connectivity index (χ0v) is 63.4. The fourth-order valence-corrected chi connectivity index (χ4v) is 17.3. The van der Waals surface area contributed by atoms with Crippen LogP contribution in [0.5, 0.6) is 0 Å². The predicted molar refractivity (Wildman–Crippen MR) is 376 cm³/mol. The number of amides is 12. The molecule has 0 aromatic heterocycles. The summed E-state index contributed by atoms with van der Waals surface area (Å²) in [4.78, 5) is 192. The van der Waals surface area contributed by atoms with E-state index in [0.29, 0.717) is 44.4 Å². The highest BCUT2D eigenvalue weighted by Crippen LogP contribution is 2.44. The second-order valence-electron chi connectivity index (χ2n) is 31.2. The Balaban J connectivity index is 1.28. The van der Waals surface area contributed by atoms with Gasteiger partial charge in [-0.15, -0.1) is 11.6 Å². The lowest BCUT2D eigenvalue weighted by Crippen LogP contribution is -2.65. The zero-order chi connectivity index (χ0) is 75.2. The van der Waals surface area contributed by atoms with Gasteiger partial charge in [0.15, 0.2) is 0 Å². The van der Waals surface area contributed by atoms with Crippen LogP contribution in [0.4, 0.5) is 13.2 Å². The van der Waals surface area contributed by atoms with Crippen LogP contribution in [-0.2, 0) is 62.3 Å². The molecule has 11 atom stereocenters. The van der Waals surface area contributed by atoms with Crippen molar-refractivity contribution >= 4 is 82.5 Å². The van der Waals surface area contributed by atoms with Gasteiger partial charge in [-0.2, -0.15) is 13.2 Å². The molecule has 4 saturated carbocycles. The molecule has 3 N–H and O–H groups in total. The van der Waals surface area contributed by atoms with E-state index in [2.05, 4.69) is 22.9 Å². The minimum Gasteiger partial charge on any atom is -0.378 e. The smallest absolute Gasteiger partial charge is 0.378 e. The summed E-state index contributed by atoms with van der Waals surface area (Å²) in [6.45, 7) is 10.4. The van der Waals surface area contributed by atoms with Crippen molar-refractivity contribution < 1.29 is 75.4 Å². The molecule has 3 unspecified atom stereocenters. The van der Waals surface area contributed by atoms with Crippen LogP contribution in [0, 0.1) is 41.4 Å². The molecular weight excluding hydrogens is 1350 g/mol. The quantitative estimate of drug-likeness (QED) is 0.202. The molecule has 1 spiro atoms. The normalized spacial score (nSPS) is 30.9. The Morgan fingerprint density at radius 3 is 1.85 bits per heavy atom. The van der Waals surface area contributed by atoms with Crippen LogP contribution in [0.25, 0.3) is 0 Å². The molecule has 0 bridgehead atoms. The second-order valence-corrected chi connectivity index (χ2v) is 31.8. The molecule has 576 valence electrons. The van der Waals surface area contributed by atoms with Crippen molar-refractivity contribution in [3.8, 4) is 0 Å². The van der Waals surface area contributed by atoms with Gasteiger partial charge in [0, 0.05) is 73.8 Å². The summed E-state index contributed by atoms with van der Waals surface area (Å²) in [6, 6.07) is -8.64. The van der Waals surface area contributed by atoms with Gasteiger partial charge in [0.1, 0.15) is 47.8 Å². The first-order valence-electron chi connectivity index (χ1n) is 37.8. The lowest BCUT2D eigenvalue weighted by atomic mass is 9.78. The van der Waals surface area contributed by atoms with Crippen LogP contribution in [0.3, 0.4) is 0 Å². The second kappa shape index (κ2) is 37.1. The van der Waals surface area contributed by atoms with Gasteiger partial charge in [-0.25, -0.2) is 0 Å². The number of hydrogen-bond donors (Lipinski definition) is 3. The van der Waals surface area contributed by atoms with Crippen LogP contribution >= 0.6 is 11.6 Å². The third kappa shape index (κ3) is 20.8. The number of alkyl halides is 4. The summed E-state index contributed by atoms with van der Waals surface area (Å²) in [6.07, 6.45) is 3.54. The average Bonchev–Trinajstić information content (AvgIpc) is 1.52. The molecule has 3 aliphatic heterocycles. The Labute approximate surface area is 606 Å². The summed E-state index contributed by atoms with van der Waals surface area (Å²) in [5.74, 6) is -10.3. The number of carbonyl (C=O) groups excluding carboxylic acids is 12. The lowest BCUT2D eigenvalue weighted by Gasteiger charge is -2.42. The van der Waals surface area contributed by atoms with E-state index in [1.807, 2.05) is 20.8 Å². The van der Waals surface area contributed by atoms with Gasteiger partial charge < -0.3 is 64.8 Å².